The predicted molar refractivity (Wildman–Crippen MR) is 116 cm³/mol. The van der Waals surface area contributed by atoms with Gasteiger partial charge in [0.15, 0.2) is 17.3 Å². The van der Waals surface area contributed by atoms with Gasteiger partial charge >= 0.3 is 5.69 Å². The molecule has 4 rings (SSSR count). The maximum absolute atomic E-state index is 13.8. The smallest absolute Gasteiger partial charge is 0.327 e. The minimum absolute atomic E-state index is 0.103. The molecule has 2 aromatic heterocycles. The lowest BCUT2D eigenvalue weighted by atomic mass is 10.0. The van der Waals surface area contributed by atoms with E-state index in [-0.39, 0.29) is 30.6 Å². The molecule has 33 heavy (non-hydrogen) atoms. The molecule has 0 aliphatic heterocycles. The Labute approximate surface area is 186 Å². The number of aromatic nitrogens is 3. The number of nitrogens with zero attached hydrogens (tertiary/aromatic N) is 3. The number of fused-ring (bicyclic) bond motifs is 1. The fourth-order valence-electron chi connectivity index (χ4n) is 3.52. The van der Waals surface area contributed by atoms with E-state index in [1.807, 2.05) is 0 Å². The molecule has 2 heterocycles. The van der Waals surface area contributed by atoms with Gasteiger partial charge in [-0.15, -0.1) is 5.10 Å². The van der Waals surface area contributed by atoms with Crippen LogP contribution >= 0.6 is 0 Å². The van der Waals surface area contributed by atoms with Gasteiger partial charge in [0.1, 0.15) is 5.82 Å². The second-order valence-electron chi connectivity index (χ2n) is 7.64. The van der Waals surface area contributed by atoms with E-state index in [2.05, 4.69) is 10.4 Å². The largest absolute Gasteiger partial charge is 0.350 e. The van der Waals surface area contributed by atoms with Crippen LogP contribution in [0.1, 0.15) is 17.5 Å². The molecular weight excluding hydrogens is 435 g/mol. The van der Waals surface area contributed by atoms with Crippen molar-refractivity contribution in [2.75, 3.05) is 5.32 Å². The average Bonchev–Trinajstić information content (AvgIpc) is 3.07. The number of rotatable bonds is 7. The molecule has 0 aliphatic carbocycles. The topological polar surface area (TPSA) is 94.4 Å². The Balaban J connectivity index is 1.39. The van der Waals surface area contributed by atoms with E-state index in [0.717, 1.165) is 11.6 Å². The normalized spacial score (nSPS) is 12.1. The Bertz CT molecular complexity index is 1380. The number of amides is 1. The molecule has 3 N–H and O–H groups in total. The maximum Gasteiger partial charge on any atom is 0.350 e. The Morgan fingerprint density at radius 3 is 2.61 bits per heavy atom. The second kappa shape index (κ2) is 9.29. The Morgan fingerprint density at radius 2 is 1.82 bits per heavy atom. The standard InChI is InChI=1S/C23H20F3N5O2/c24-18-12-20(26)19(25)10-15(18)9-16(27)11-22(32)28-17-5-3-4-14(8-17)13-31-23(33)30-7-2-1-6-21(30)29-31/h1-8,10,12,16H,9,11,13,27H2,(H,28,32)/t16-/m1/s1. The summed E-state index contributed by atoms with van der Waals surface area (Å²) in [6.07, 6.45) is 1.34. The van der Waals surface area contributed by atoms with Crippen LogP contribution in [0.5, 0.6) is 0 Å². The lowest BCUT2D eigenvalue weighted by Gasteiger charge is -2.13. The number of nitrogens with two attached hydrogens (primary N) is 1. The SMILES string of the molecule is N[C@@H](CC(=O)Nc1cccc(Cn2nc3ccccn3c2=O)c1)Cc1cc(F)c(F)cc1F. The minimum Gasteiger partial charge on any atom is -0.327 e. The molecule has 170 valence electrons. The third-order valence-electron chi connectivity index (χ3n) is 5.05. The molecule has 0 saturated carbocycles. The molecule has 0 fully saturated rings. The first-order valence-electron chi connectivity index (χ1n) is 10.1. The van der Waals surface area contributed by atoms with Gasteiger partial charge in [-0.05, 0) is 47.9 Å². The molecule has 0 bridgehead atoms. The summed E-state index contributed by atoms with van der Waals surface area (Å²) in [4.78, 5) is 24.8. The van der Waals surface area contributed by atoms with Gasteiger partial charge in [-0.25, -0.2) is 22.6 Å². The van der Waals surface area contributed by atoms with E-state index < -0.39 is 29.4 Å². The van der Waals surface area contributed by atoms with Crippen molar-refractivity contribution in [3.05, 3.63) is 99.9 Å². The number of carbonyl (C=O) groups excluding carboxylic acids is 1. The number of benzene rings is 2. The van der Waals surface area contributed by atoms with Crippen molar-refractivity contribution in [2.24, 2.45) is 5.73 Å². The molecule has 7 nitrogen and oxygen atoms in total. The van der Waals surface area contributed by atoms with Crippen molar-refractivity contribution in [2.45, 2.75) is 25.4 Å². The van der Waals surface area contributed by atoms with Crippen LogP contribution in [0.15, 0.2) is 65.6 Å². The Morgan fingerprint density at radius 1 is 1.03 bits per heavy atom. The van der Waals surface area contributed by atoms with Crippen molar-refractivity contribution in [3.8, 4) is 0 Å². The van der Waals surface area contributed by atoms with Gasteiger partial charge in [-0.1, -0.05) is 18.2 Å². The number of hydrogen-bond donors (Lipinski definition) is 2. The lowest BCUT2D eigenvalue weighted by molar-refractivity contribution is -0.116. The molecule has 10 heteroatoms. The van der Waals surface area contributed by atoms with Gasteiger partial charge < -0.3 is 11.1 Å². The fraction of sp³-hybridized carbons (Fsp3) is 0.174. The number of nitrogens with one attached hydrogen (secondary N) is 1. The first kappa shape index (κ1) is 22.3. The van der Waals surface area contributed by atoms with E-state index in [0.29, 0.717) is 17.4 Å². The highest BCUT2D eigenvalue weighted by Gasteiger charge is 2.16. The van der Waals surface area contributed by atoms with Crippen LogP contribution in [0.4, 0.5) is 18.9 Å². The van der Waals surface area contributed by atoms with Gasteiger partial charge in [-0.3, -0.25) is 9.20 Å². The van der Waals surface area contributed by atoms with E-state index in [9.17, 15) is 22.8 Å². The Hall–Kier alpha value is -3.92. The summed E-state index contributed by atoms with van der Waals surface area (Å²) in [6, 6.07) is 12.5. The van der Waals surface area contributed by atoms with Gasteiger partial charge in [-0.2, -0.15) is 0 Å². The number of pyridine rings is 1. The highest BCUT2D eigenvalue weighted by Crippen LogP contribution is 2.17. The zero-order valence-electron chi connectivity index (χ0n) is 17.3. The number of halogens is 3. The summed E-state index contributed by atoms with van der Waals surface area (Å²) >= 11 is 0. The van der Waals surface area contributed by atoms with E-state index in [4.69, 9.17) is 5.73 Å². The second-order valence-corrected chi connectivity index (χ2v) is 7.64. The minimum atomic E-state index is -1.28. The van der Waals surface area contributed by atoms with Crippen molar-refractivity contribution >= 4 is 17.2 Å². The van der Waals surface area contributed by atoms with Crippen LogP contribution in [0.25, 0.3) is 5.65 Å². The summed E-state index contributed by atoms with van der Waals surface area (Å²) in [5, 5.41) is 6.98. The zero-order chi connectivity index (χ0) is 23.5. The molecule has 4 aromatic rings. The predicted octanol–water partition coefficient (Wildman–Crippen LogP) is 2.86. The van der Waals surface area contributed by atoms with Gasteiger partial charge in [0.2, 0.25) is 5.91 Å². The molecule has 0 unspecified atom stereocenters. The number of carbonyl (C=O) groups is 1. The van der Waals surface area contributed by atoms with Crippen molar-refractivity contribution in [3.63, 3.8) is 0 Å². The monoisotopic (exact) mass is 455 g/mol. The Kier molecular flexibility index (Phi) is 6.27. The maximum atomic E-state index is 13.8. The van der Waals surface area contributed by atoms with Crippen LogP contribution in [0, 0.1) is 17.5 Å². The van der Waals surface area contributed by atoms with Gasteiger partial charge in [0.05, 0.1) is 6.54 Å². The molecule has 1 atom stereocenters. The summed E-state index contributed by atoms with van der Waals surface area (Å²) in [5.74, 6) is -3.80. The number of anilines is 1. The fourth-order valence-corrected chi connectivity index (χ4v) is 3.52. The number of hydrogen-bond acceptors (Lipinski definition) is 4. The highest BCUT2D eigenvalue weighted by molar-refractivity contribution is 5.91. The summed E-state index contributed by atoms with van der Waals surface area (Å²) < 4.78 is 43.0. The molecule has 0 aliphatic rings. The highest BCUT2D eigenvalue weighted by atomic mass is 19.2. The average molecular weight is 455 g/mol. The van der Waals surface area contributed by atoms with Crippen LogP contribution in [0.2, 0.25) is 0 Å². The van der Waals surface area contributed by atoms with Crippen LogP contribution < -0.4 is 16.7 Å². The molecule has 1 amide bonds. The molecule has 2 aromatic carbocycles. The van der Waals surface area contributed by atoms with Crippen LogP contribution in [-0.4, -0.2) is 26.1 Å². The first-order valence-corrected chi connectivity index (χ1v) is 10.1. The molecule has 0 saturated heterocycles. The third kappa shape index (κ3) is 5.12. The summed E-state index contributed by atoms with van der Waals surface area (Å²) in [7, 11) is 0. The van der Waals surface area contributed by atoms with Gasteiger partial charge in [0, 0.05) is 30.4 Å². The van der Waals surface area contributed by atoms with Crippen molar-refractivity contribution in [1.29, 1.82) is 0 Å². The molecular formula is C23H20F3N5O2. The lowest BCUT2D eigenvalue weighted by Crippen LogP contribution is -2.29. The zero-order valence-corrected chi connectivity index (χ0v) is 17.3. The van der Waals surface area contributed by atoms with E-state index in [1.54, 1.807) is 48.7 Å². The molecule has 0 spiro atoms. The quantitative estimate of drug-likeness (QED) is 0.419. The summed E-state index contributed by atoms with van der Waals surface area (Å²) in [5.41, 5.74) is 7.28. The molecule has 0 radical (unpaired) electrons. The van der Waals surface area contributed by atoms with Gasteiger partial charge in [0.25, 0.3) is 0 Å². The van der Waals surface area contributed by atoms with Crippen molar-refractivity contribution in [1.82, 2.24) is 14.2 Å². The third-order valence-corrected chi connectivity index (χ3v) is 5.05. The van der Waals surface area contributed by atoms with Crippen LogP contribution in [-0.2, 0) is 17.8 Å². The van der Waals surface area contributed by atoms with E-state index >= 15 is 0 Å². The van der Waals surface area contributed by atoms with Crippen LogP contribution in [0.3, 0.4) is 0 Å². The van der Waals surface area contributed by atoms with E-state index in [1.165, 1.54) is 9.08 Å². The summed E-state index contributed by atoms with van der Waals surface area (Å²) in [6.45, 7) is 0.207. The van der Waals surface area contributed by atoms with Crippen molar-refractivity contribution < 1.29 is 18.0 Å². The first-order chi connectivity index (χ1) is 15.8.